The number of aromatic nitrogens is 2. The minimum Gasteiger partial charge on any atom is -0.364 e. The van der Waals surface area contributed by atoms with E-state index in [0.29, 0.717) is 6.04 Å². The highest BCUT2D eigenvalue weighted by Crippen LogP contribution is 2.60. The number of hydrogen-bond acceptors (Lipinski definition) is 6. The summed E-state index contributed by atoms with van der Waals surface area (Å²) in [4.78, 5) is 13.9. The van der Waals surface area contributed by atoms with Crippen LogP contribution in [0, 0.1) is 6.92 Å². The van der Waals surface area contributed by atoms with Crippen molar-refractivity contribution in [1.82, 2.24) is 9.97 Å². The minimum atomic E-state index is -0.0428. The summed E-state index contributed by atoms with van der Waals surface area (Å²) in [5, 5.41) is 4.90. The largest absolute Gasteiger partial charge is 0.364 e. The Morgan fingerprint density at radius 3 is 2.73 bits per heavy atom. The molecule has 0 radical (unpaired) electrons. The number of fused-ring (bicyclic) bond motifs is 2. The molecule has 7 heteroatoms. The summed E-state index contributed by atoms with van der Waals surface area (Å²) in [7, 11) is -0.0428. The average molecular weight is 459 g/mol. The highest BCUT2D eigenvalue weighted by molar-refractivity contribution is 7.87. The Labute approximate surface area is 197 Å². The van der Waals surface area contributed by atoms with Crippen LogP contribution in [0.5, 0.6) is 0 Å². The average Bonchev–Trinajstić information content (AvgIpc) is 3.60. The molecule has 3 N–H and O–H groups in total. The number of nitrogens with zero attached hydrogens (tertiary/aromatic N) is 4. The molecule has 6 nitrogen and oxygen atoms in total. The van der Waals surface area contributed by atoms with Crippen LogP contribution in [0.15, 0.2) is 51.7 Å². The van der Waals surface area contributed by atoms with Crippen LogP contribution in [-0.4, -0.2) is 39.4 Å². The van der Waals surface area contributed by atoms with E-state index >= 15 is 0 Å². The molecule has 1 atom stereocenters. The SMILES string of the molecule is Cc1ccc2nc(N3CCS(=NC4CC4)c4ccccc4C3)nc(NC34CC(N)(C3)C4)c2c1. The maximum atomic E-state index is 6.34. The second kappa shape index (κ2) is 7.00. The zero-order valence-electron chi connectivity index (χ0n) is 19.1. The van der Waals surface area contributed by atoms with Crippen molar-refractivity contribution >= 4 is 33.4 Å². The fraction of sp³-hybridized carbons (Fsp3) is 0.462. The van der Waals surface area contributed by atoms with E-state index in [4.69, 9.17) is 20.1 Å². The van der Waals surface area contributed by atoms with Crippen molar-refractivity contribution in [1.29, 1.82) is 0 Å². The van der Waals surface area contributed by atoms with Gasteiger partial charge in [-0.25, -0.2) is 4.98 Å². The Kier molecular flexibility index (Phi) is 4.22. The lowest BCUT2D eigenvalue weighted by Crippen LogP contribution is -2.79. The van der Waals surface area contributed by atoms with Gasteiger partial charge in [0.2, 0.25) is 5.95 Å². The molecule has 170 valence electrons. The topological polar surface area (TPSA) is 79.4 Å². The normalized spacial score (nSPS) is 30.4. The van der Waals surface area contributed by atoms with Crippen LogP contribution in [0.3, 0.4) is 0 Å². The number of nitrogens with two attached hydrogens (primary N) is 1. The summed E-state index contributed by atoms with van der Waals surface area (Å²) in [6, 6.07) is 15.9. The third kappa shape index (κ3) is 3.44. The van der Waals surface area contributed by atoms with Crippen molar-refractivity contribution in [3.05, 3.63) is 53.6 Å². The molecule has 1 unspecified atom stereocenters. The number of nitrogens with one attached hydrogen (secondary N) is 1. The highest BCUT2D eigenvalue weighted by Gasteiger charge is 2.66. The fourth-order valence-corrected chi connectivity index (χ4v) is 7.89. The molecule has 0 amide bonds. The molecular weight excluding hydrogens is 428 g/mol. The smallest absolute Gasteiger partial charge is 0.228 e. The van der Waals surface area contributed by atoms with Crippen molar-refractivity contribution in [2.24, 2.45) is 10.1 Å². The molecular formula is C26H30N6S. The van der Waals surface area contributed by atoms with Crippen LogP contribution in [0.4, 0.5) is 11.8 Å². The van der Waals surface area contributed by atoms with E-state index in [1.807, 2.05) is 0 Å². The number of hydrogen-bond donors (Lipinski definition) is 2. The molecule has 4 saturated carbocycles. The summed E-state index contributed by atoms with van der Waals surface area (Å²) in [6.07, 6.45) is 5.62. The molecule has 4 fully saturated rings. The third-order valence-corrected chi connectivity index (χ3v) is 9.57. The van der Waals surface area contributed by atoms with Crippen molar-refractivity contribution < 1.29 is 0 Å². The number of rotatable bonds is 4. The lowest BCUT2D eigenvalue weighted by Gasteiger charge is -2.69. The lowest BCUT2D eigenvalue weighted by molar-refractivity contribution is -0.0319. The van der Waals surface area contributed by atoms with Gasteiger partial charge < -0.3 is 16.0 Å². The van der Waals surface area contributed by atoms with E-state index in [9.17, 15) is 0 Å². The van der Waals surface area contributed by atoms with Gasteiger partial charge in [0.25, 0.3) is 0 Å². The Bertz CT molecular complexity index is 1290. The van der Waals surface area contributed by atoms with E-state index in [0.717, 1.165) is 60.8 Å². The van der Waals surface area contributed by atoms with Gasteiger partial charge in [0.1, 0.15) is 5.82 Å². The molecule has 2 heterocycles. The second-order valence-corrected chi connectivity index (χ2v) is 12.4. The van der Waals surface area contributed by atoms with Crippen molar-refractivity contribution in [2.75, 3.05) is 22.5 Å². The first-order valence-corrected chi connectivity index (χ1v) is 13.4. The molecule has 33 heavy (non-hydrogen) atoms. The maximum absolute atomic E-state index is 6.34. The summed E-state index contributed by atoms with van der Waals surface area (Å²) in [5.74, 6) is 2.81. The molecule has 2 bridgehead atoms. The van der Waals surface area contributed by atoms with E-state index in [1.165, 1.54) is 28.9 Å². The Balaban J connectivity index is 1.27. The molecule has 1 aliphatic heterocycles. The van der Waals surface area contributed by atoms with Gasteiger partial charge in [-0.15, -0.1) is 0 Å². The van der Waals surface area contributed by atoms with Gasteiger partial charge in [0, 0.05) is 40.2 Å². The van der Waals surface area contributed by atoms with Gasteiger partial charge >= 0.3 is 0 Å². The minimum absolute atomic E-state index is 0.0428. The van der Waals surface area contributed by atoms with Gasteiger partial charge in [-0.2, -0.15) is 4.98 Å². The molecule has 5 aliphatic rings. The standard InChI is InChI=1S/C26H30N6S/c1-17-6-9-21-20(12-17)23(30-26-14-25(27,15-26)16-26)29-24(28-21)32-10-11-33(31-19-7-8-19)22-5-3-2-4-18(22)13-32/h2-6,9,12,19H,7-8,10-11,13-16,27H2,1H3,(H,28,29,30). The number of benzene rings is 2. The van der Waals surface area contributed by atoms with Crippen molar-refractivity contribution in [3.63, 3.8) is 0 Å². The quantitative estimate of drug-likeness (QED) is 0.608. The van der Waals surface area contributed by atoms with Gasteiger partial charge in [-0.3, -0.25) is 4.36 Å². The Morgan fingerprint density at radius 2 is 1.94 bits per heavy atom. The predicted molar refractivity (Wildman–Crippen MR) is 135 cm³/mol. The van der Waals surface area contributed by atoms with Crippen LogP contribution in [0.25, 0.3) is 10.9 Å². The van der Waals surface area contributed by atoms with E-state index in [1.54, 1.807) is 0 Å². The van der Waals surface area contributed by atoms with Gasteiger partial charge in [-0.05, 0) is 62.8 Å². The molecule has 1 aromatic heterocycles. The van der Waals surface area contributed by atoms with Gasteiger partial charge in [-0.1, -0.05) is 40.5 Å². The zero-order valence-corrected chi connectivity index (χ0v) is 19.9. The third-order valence-electron chi connectivity index (χ3n) is 7.54. The van der Waals surface area contributed by atoms with Crippen molar-refractivity contribution in [2.45, 2.75) is 67.6 Å². The first-order chi connectivity index (χ1) is 16.0. The monoisotopic (exact) mass is 458 g/mol. The number of aryl methyl sites for hydroxylation is 1. The second-order valence-electron chi connectivity index (χ2n) is 10.6. The summed E-state index contributed by atoms with van der Waals surface area (Å²) < 4.78 is 5.17. The first kappa shape index (κ1) is 19.9. The fourth-order valence-electron chi connectivity index (χ4n) is 5.81. The molecule has 0 saturated heterocycles. The molecule has 8 rings (SSSR count). The zero-order chi connectivity index (χ0) is 22.2. The summed E-state index contributed by atoms with van der Waals surface area (Å²) in [5.41, 5.74) is 10.1. The molecule has 4 aliphatic carbocycles. The lowest BCUT2D eigenvalue weighted by atomic mass is 9.44. The predicted octanol–water partition coefficient (Wildman–Crippen LogP) is 4.33. The van der Waals surface area contributed by atoms with E-state index < -0.39 is 0 Å². The maximum Gasteiger partial charge on any atom is 0.228 e. The highest BCUT2D eigenvalue weighted by atomic mass is 32.2. The molecule has 0 spiro atoms. The van der Waals surface area contributed by atoms with Crippen molar-refractivity contribution in [3.8, 4) is 0 Å². The van der Waals surface area contributed by atoms with E-state index in [2.05, 4.69) is 59.6 Å². The summed E-state index contributed by atoms with van der Waals surface area (Å²) in [6.45, 7) is 3.87. The van der Waals surface area contributed by atoms with Gasteiger partial charge in [0.15, 0.2) is 0 Å². The van der Waals surface area contributed by atoms with Crippen LogP contribution in [0.1, 0.15) is 43.2 Å². The van der Waals surface area contributed by atoms with Crippen LogP contribution < -0.4 is 16.0 Å². The number of anilines is 2. The van der Waals surface area contributed by atoms with Crippen LogP contribution in [-0.2, 0) is 17.2 Å². The first-order valence-electron chi connectivity index (χ1n) is 12.1. The van der Waals surface area contributed by atoms with E-state index in [-0.39, 0.29) is 21.8 Å². The Morgan fingerprint density at radius 1 is 1.12 bits per heavy atom. The van der Waals surface area contributed by atoms with Crippen LogP contribution >= 0.6 is 0 Å². The summed E-state index contributed by atoms with van der Waals surface area (Å²) >= 11 is 0. The van der Waals surface area contributed by atoms with Gasteiger partial charge in [0.05, 0.1) is 11.6 Å². The van der Waals surface area contributed by atoms with Crippen LogP contribution in [0.2, 0.25) is 0 Å². The Hall–Kier alpha value is -2.51. The molecule has 2 aromatic carbocycles. The molecule has 3 aromatic rings.